The van der Waals surface area contributed by atoms with Crippen LogP contribution in [-0.4, -0.2) is 21.3 Å². The van der Waals surface area contributed by atoms with Gasteiger partial charge in [0.1, 0.15) is 5.88 Å². The number of aryl methyl sites for hydroxylation is 1. The van der Waals surface area contributed by atoms with Gasteiger partial charge >= 0.3 is 0 Å². The van der Waals surface area contributed by atoms with E-state index in [9.17, 15) is 4.79 Å². The molecule has 1 heterocycles. The molecule has 0 aliphatic carbocycles. The van der Waals surface area contributed by atoms with Crippen molar-refractivity contribution < 1.29 is 4.79 Å². The summed E-state index contributed by atoms with van der Waals surface area (Å²) in [5.74, 6) is 0.289. The van der Waals surface area contributed by atoms with E-state index in [0.29, 0.717) is 5.95 Å². The van der Waals surface area contributed by atoms with Crippen molar-refractivity contribution >= 4 is 34.5 Å². The Labute approximate surface area is 111 Å². The van der Waals surface area contributed by atoms with Gasteiger partial charge in [0.15, 0.2) is 0 Å². The second-order valence-corrected chi connectivity index (χ2v) is 4.38. The highest BCUT2D eigenvalue weighted by molar-refractivity contribution is 6.29. The molecule has 18 heavy (non-hydrogen) atoms. The van der Waals surface area contributed by atoms with Crippen LogP contribution in [0, 0.1) is 0 Å². The summed E-state index contributed by atoms with van der Waals surface area (Å²) in [5.41, 5.74) is 1.93. The molecule has 1 aromatic carbocycles. The number of rotatable bonds is 5. The minimum absolute atomic E-state index is 0.0585. The maximum atomic E-state index is 11.4. The number of alkyl halides is 1. The lowest BCUT2D eigenvalue weighted by molar-refractivity contribution is -0.114. The molecule has 2 aromatic rings. The van der Waals surface area contributed by atoms with Crippen LogP contribution in [0.4, 0.5) is 5.95 Å². The molecule has 0 atom stereocenters. The van der Waals surface area contributed by atoms with E-state index in [-0.39, 0.29) is 11.8 Å². The lowest BCUT2D eigenvalue weighted by Crippen LogP contribution is -2.16. The molecule has 0 radical (unpaired) electrons. The van der Waals surface area contributed by atoms with E-state index in [1.54, 1.807) is 0 Å². The fraction of sp³-hybridized carbons (Fsp3) is 0.385. The summed E-state index contributed by atoms with van der Waals surface area (Å²) in [6, 6.07) is 7.86. The first kappa shape index (κ1) is 12.9. The highest BCUT2D eigenvalue weighted by atomic mass is 35.5. The third-order valence-electron chi connectivity index (χ3n) is 2.76. The normalized spacial score (nSPS) is 10.8. The Hall–Kier alpha value is -1.55. The molecule has 0 saturated carbocycles. The molecule has 0 unspecified atom stereocenters. The van der Waals surface area contributed by atoms with E-state index in [1.165, 1.54) is 0 Å². The SMILES string of the molecule is CCCCn1c(NC(=O)CCl)nc2ccccc21. The quantitative estimate of drug-likeness (QED) is 0.845. The van der Waals surface area contributed by atoms with Crippen molar-refractivity contribution in [1.29, 1.82) is 0 Å². The molecule has 0 spiro atoms. The topological polar surface area (TPSA) is 46.9 Å². The van der Waals surface area contributed by atoms with Crippen LogP contribution >= 0.6 is 11.6 Å². The summed E-state index contributed by atoms with van der Waals surface area (Å²) in [7, 11) is 0. The van der Waals surface area contributed by atoms with Gasteiger partial charge in [-0.1, -0.05) is 25.5 Å². The number of nitrogens with one attached hydrogen (secondary N) is 1. The average Bonchev–Trinajstić information content (AvgIpc) is 2.73. The average molecular weight is 266 g/mol. The highest BCUT2D eigenvalue weighted by Gasteiger charge is 2.11. The van der Waals surface area contributed by atoms with Crippen molar-refractivity contribution in [2.24, 2.45) is 0 Å². The number of imidazole rings is 1. The highest BCUT2D eigenvalue weighted by Crippen LogP contribution is 2.20. The lowest BCUT2D eigenvalue weighted by Gasteiger charge is -2.08. The number of aromatic nitrogens is 2. The van der Waals surface area contributed by atoms with Crippen molar-refractivity contribution in [3.8, 4) is 0 Å². The van der Waals surface area contributed by atoms with Crippen LogP contribution in [0.2, 0.25) is 0 Å². The third-order valence-corrected chi connectivity index (χ3v) is 3.01. The van der Waals surface area contributed by atoms with Gasteiger partial charge in [0.2, 0.25) is 11.9 Å². The van der Waals surface area contributed by atoms with Gasteiger partial charge in [-0.25, -0.2) is 4.98 Å². The number of carbonyl (C=O) groups is 1. The van der Waals surface area contributed by atoms with E-state index in [2.05, 4.69) is 17.2 Å². The van der Waals surface area contributed by atoms with Gasteiger partial charge < -0.3 is 4.57 Å². The summed E-state index contributed by atoms with van der Waals surface area (Å²) < 4.78 is 2.03. The maximum absolute atomic E-state index is 11.4. The largest absolute Gasteiger partial charge is 0.310 e. The summed E-state index contributed by atoms with van der Waals surface area (Å²) in [6.45, 7) is 2.98. The smallest absolute Gasteiger partial charge is 0.241 e. The molecular formula is C13H16ClN3O. The molecule has 0 aliphatic rings. The van der Waals surface area contributed by atoms with Crippen LogP contribution in [0.5, 0.6) is 0 Å². The van der Waals surface area contributed by atoms with Gasteiger partial charge in [-0.15, -0.1) is 11.6 Å². The Bertz CT molecular complexity index is 550. The molecule has 4 nitrogen and oxygen atoms in total. The number of para-hydroxylation sites is 2. The second kappa shape index (κ2) is 5.87. The van der Waals surface area contributed by atoms with E-state index >= 15 is 0 Å². The summed E-state index contributed by atoms with van der Waals surface area (Å²) >= 11 is 5.51. The molecule has 0 aliphatic heterocycles. The monoisotopic (exact) mass is 265 g/mol. The number of amides is 1. The van der Waals surface area contributed by atoms with E-state index in [4.69, 9.17) is 11.6 Å². The Balaban J connectivity index is 2.39. The molecule has 1 amide bonds. The molecular weight excluding hydrogens is 250 g/mol. The van der Waals surface area contributed by atoms with E-state index in [1.807, 2.05) is 28.8 Å². The Morgan fingerprint density at radius 3 is 2.94 bits per heavy atom. The van der Waals surface area contributed by atoms with Gasteiger partial charge in [-0.2, -0.15) is 0 Å². The number of halogens is 1. The Kier molecular flexibility index (Phi) is 4.20. The van der Waals surface area contributed by atoms with Crippen molar-refractivity contribution in [3.63, 3.8) is 0 Å². The number of anilines is 1. The molecule has 0 fully saturated rings. The van der Waals surface area contributed by atoms with Crippen molar-refractivity contribution in [2.75, 3.05) is 11.2 Å². The molecule has 5 heteroatoms. The molecule has 1 aromatic heterocycles. The lowest BCUT2D eigenvalue weighted by atomic mass is 10.3. The van der Waals surface area contributed by atoms with Crippen LogP contribution in [-0.2, 0) is 11.3 Å². The third kappa shape index (κ3) is 2.64. The van der Waals surface area contributed by atoms with Crippen LogP contribution in [0.25, 0.3) is 11.0 Å². The number of hydrogen-bond acceptors (Lipinski definition) is 2. The summed E-state index contributed by atoms with van der Waals surface area (Å²) in [6.07, 6.45) is 2.14. The van der Waals surface area contributed by atoms with Crippen molar-refractivity contribution in [3.05, 3.63) is 24.3 Å². The van der Waals surface area contributed by atoms with E-state index in [0.717, 1.165) is 30.4 Å². The molecule has 1 N–H and O–H groups in total. The summed E-state index contributed by atoms with van der Waals surface area (Å²) in [5, 5.41) is 2.74. The van der Waals surface area contributed by atoms with Gasteiger partial charge in [0, 0.05) is 6.54 Å². The number of benzene rings is 1. The minimum Gasteiger partial charge on any atom is -0.310 e. The standard InChI is InChI=1S/C13H16ClN3O/c1-2-3-8-17-11-7-5-4-6-10(11)15-13(17)16-12(18)9-14/h4-7H,2-3,8-9H2,1H3,(H,15,16,18). The first-order chi connectivity index (χ1) is 8.76. The molecule has 96 valence electrons. The maximum Gasteiger partial charge on any atom is 0.241 e. The predicted octanol–water partition coefficient (Wildman–Crippen LogP) is 3.01. The molecule has 0 saturated heterocycles. The predicted molar refractivity (Wildman–Crippen MR) is 74.0 cm³/mol. The zero-order valence-corrected chi connectivity index (χ0v) is 11.1. The minimum atomic E-state index is -0.232. The van der Waals surface area contributed by atoms with Crippen LogP contribution in [0.3, 0.4) is 0 Å². The van der Waals surface area contributed by atoms with Crippen LogP contribution < -0.4 is 5.32 Å². The first-order valence-electron chi connectivity index (χ1n) is 6.07. The fourth-order valence-electron chi connectivity index (χ4n) is 1.87. The number of unbranched alkanes of at least 4 members (excludes halogenated alkanes) is 1. The zero-order chi connectivity index (χ0) is 13.0. The number of carbonyl (C=O) groups excluding carboxylic acids is 1. The Morgan fingerprint density at radius 1 is 1.44 bits per heavy atom. The Morgan fingerprint density at radius 2 is 2.22 bits per heavy atom. The van der Waals surface area contributed by atoms with Gasteiger partial charge in [-0.05, 0) is 18.6 Å². The summed E-state index contributed by atoms with van der Waals surface area (Å²) in [4.78, 5) is 15.8. The number of hydrogen-bond donors (Lipinski definition) is 1. The fourth-order valence-corrected chi connectivity index (χ4v) is 1.94. The molecule has 0 bridgehead atoms. The van der Waals surface area contributed by atoms with Crippen molar-refractivity contribution in [1.82, 2.24) is 9.55 Å². The second-order valence-electron chi connectivity index (χ2n) is 4.11. The van der Waals surface area contributed by atoms with Gasteiger partial charge in [0.05, 0.1) is 11.0 Å². The zero-order valence-electron chi connectivity index (χ0n) is 10.3. The van der Waals surface area contributed by atoms with Crippen LogP contribution in [0.1, 0.15) is 19.8 Å². The van der Waals surface area contributed by atoms with E-state index < -0.39 is 0 Å². The first-order valence-corrected chi connectivity index (χ1v) is 6.60. The number of fused-ring (bicyclic) bond motifs is 1. The molecule has 2 rings (SSSR count). The van der Waals surface area contributed by atoms with Crippen molar-refractivity contribution in [2.45, 2.75) is 26.3 Å². The number of nitrogens with zero attached hydrogens (tertiary/aromatic N) is 2. The van der Waals surface area contributed by atoms with Gasteiger partial charge in [-0.3, -0.25) is 10.1 Å². The van der Waals surface area contributed by atoms with Gasteiger partial charge in [0.25, 0.3) is 0 Å². The van der Waals surface area contributed by atoms with Crippen LogP contribution in [0.15, 0.2) is 24.3 Å².